The highest BCUT2D eigenvalue weighted by Gasteiger charge is 2.01. The fourth-order valence-electron chi connectivity index (χ4n) is 1.24. The second-order valence-electron chi connectivity index (χ2n) is 2.98. The Morgan fingerprint density at radius 1 is 1.43 bits per heavy atom. The highest BCUT2D eigenvalue weighted by molar-refractivity contribution is 14.1. The lowest BCUT2D eigenvalue weighted by Crippen LogP contribution is -1.95. The first-order valence-electron chi connectivity index (χ1n) is 4.75. The zero-order valence-electron chi connectivity index (χ0n) is 8.22. The summed E-state index contributed by atoms with van der Waals surface area (Å²) in [5.74, 6) is 0.972. The van der Waals surface area contributed by atoms with E-state index in [0.29, 0.717) is 0 Å². The molecule has 0 spiro atoms. The van der Waals surface area contributed by atoms with Crippen LogP contribution in [0.2, 0.25) is 0 Å². The summed E-state index contributed by atoms with van der Waals surface area (Å²) in [6.45, 7) is 2.74. The molecule has 0 radical (unpaired) electrons. The average Bonchev–Trinajstić information content (AvgIpc) is 2.17. The third-order valence-electron chi connectivity index (χ3n) is 1.92. The van der Waals surface area contributed by atoms with Gasteiger partial charge < -0.3 is 4.74 Å². The molecule has 0 unspecified atom stereocenters. The van der Waals surface area contributed by atoms with Crippen molar-refractivity contribution in [3.63, 3.8) is 0 Å². The number of halogens is 2. The van der Waals surface area contributed by atoms with Gasteiger partial charge in [0.15, 0.2) is 0 Å². The maximum absolute atomic E-state index is 5.43. The summed E-state index contributed by atoms with van der Waals surface area (Å²) in [5.41, 5.74) is 1.41. The Labute approximate surface area is 107 Å². The molecule has 1 rings (SSSR count). The standard InChI is InChI=1S/C11H14BrIO/c1-2-14-10-6-5-9(4-3-7-12)11(13)8-10/h5-6,8H,2-4,7H2,1H3. The van der Waals surface area contributed by atoms with Crippen molar-refractivity contribution in [2.75, 3.05) is 11.9 Å². The number of alkyl halides is 1. The second-order valence-corrected chi connectivity index (χ2v) is 4.93. The molecule has 0 saturated heterocycles. The van der Waals surface area contributed by atoms with Crippen LogP contribution in [0.25, 0.3) is 0 Å². The van der Waals surface area contributed by atoms with Gasteiger partial charge in [-0.3, -0.25) is 0 Å². The minimum absolute atomic E-state index is 0.733. The van der Waals surface area contributed by atoms with Crippen LogP contribution in [-0.2, 0) is 6.42 Å². The molecule has 1 nitrogen and oxygen atoms in total. The van der Waals surface area contributed by atoms with E-state index in [1.807, 2.05) is 6.92 Å². The van der Waals surface area contributed by atoms with Crippen molar-refractivity contribution in [1.82, 2.24) is 0 Å². The van der Waals surface area contributed by atoms with Crippen molar-refractivity contribution in [2.24, 2.45) is 0 Å². The van der Waals surface area contributed by atoms with Gasteiger partial charge in [0.1, 0.15) is 5.75 Å². The molecule has 3 heteroatoms. The Hall–Kier alpha value is 0.230. The van der Waals surface area contributed by atoms with E-state index in [1.165, 1.54) is 15.6 Å². The van der Waals surface area contributed by atoms with Crippen molar-refractivity contribution in [2.45, 2.75) is 19.8 Å². The third kappa shape index (κ3) is 3.77. The summed E-state index contributed by atoms with van der Waals surface area (Å²) < 4.78 is 6.73. The maximum Gasteiger partial charge on any atom is 0.120 e. The largest absolute Gasteiger partial charge is 0.494 e. The number of rotatable bonds is 5. The van der Waals surface area contributed by atoms with E-state index in [9.17, 15) is 0 Å². The Morgan fingerprint density at radius 2 is 2.21 bits per heavy atom. The predicted octanol–water partition coefficient (Wildman–Crippen LogP) is 4.02. The Balaban J connectivity index is 2.68. The molecule has 0 aliphatic heterocycles. The van der Waals surface area contributed by atoms with Gasteiger partial charge in [0, 0.05) is 8.90 Å². The third-order valence-corrected chi connectivity index (χ3v) is 3.48. The molecule has 0 amide bonds. The van der Waals surface area contributed by atoms with Crippen LogP contribution in [0.4, 0.5) is 0 Å². The number of aryl methyl sites for hydroxylation is 1. The van der Waals surface area contributed by atoms with Crippen LogP contribution in [0, 0.1) is 3.57 Å². The summed E-state index contributed by atoms with van der Waals surface area (Å²) in [6.07, 6.45) is 2.32. The minimum atomic E-state index is 0.733. The van der Waals surface area contributed by atoms with Crippen LogP contribution in [0.1, 0.15) is 18.9 Å². The molecule has 0 aliphatic carbocycles. The number of ether oxygens (including phenoxy) is 1. The molecule has 0 heterocycles. The fourth-order valence-corrected chi connectivity index (χ4v) is 2.28. The van der Waals surface area contributed by atoms with E-state index >= 15 is 0 Å². The predicted molar refractivity (Wildman–Crippen MR) is 72.4 cm³/mol. The van der Waals surface area contributed by atoms with E-state index in [2.05, 4.69) is 56.7 Å². The molecular weight excluding hydrogens is 355 g/mol. The molecule has 1 aromatic carbocycles. The number of benzene rings is 1. The molecule has 1 aromatic rings. The Morgan fingerprint density at radius 3 is 2.79 bits per heavy atom. The minimum Gasteiger partial charge on any atom is -0.494 e. The zero-order valence-corrected chi connectivity index (χ0v) is 12.0. The average molecular weight is 369 g/mol. The van der Waals surface area contributed by atoms with E-state index in [1.54, 1.807) is 0 Å². The van der Waals surface area contributed by atoms with Gasteiger partial charge in [-0.2, -0.15) is 0 Å². The van der Waals surface area contributed by atoms with Crippen molar-refractivity contribution < 1.29 is 4.74 Å². The van der Waals surface area contributed by atoms with Crippen LogP contribution in [0.5, 0.6) is 5.75 Å². The van der Waals surface area contributed by atoms with Crippen LogP contribution in [0.3, 0.4) is 0 Å². The maximum atomic E-state index is 5.43. The molecule has 0 aliphatic rings. The quantitative estimate of drug-likeness (QED) is 0.563. The first kappa shape index (κ1) is 12.3. The van der Waals surface area contributed by atoms with Gasteiger partial charge in [0.2, 0.25) is 0 Å². The van der Waals surface area contributed by atoms with Gasteiger partial charge in [0.25, 0.3) is 0 Å². The summed E-state index contributed by atoms with van der Waals surface area (Å²) in [6, 6.07) is 6.32. The van der Waals surface area contributed by atoms with Crippen molar-refractivity contribution in [3.05, 3.63) is 27.3 Å². The van der Waals surface area contributed by atoms with Crippen molar-refractivity contribution in [1.29, 1.82) is 0 Å². The Kier molecular flexibility index (Phi) is 5.86. The van der Waals surface area contributed by atoms with E-state index in [4.69, 9.17) is 4.74 Å². The van der Waals surface area contributed by atoms with Gasteiger partial charge in [0.05, 0.1) is 6.61 Å². The second kappa shape index (κ2) is 6.67. The van der Waals surface area contributed by atoms with Crippen LogP contribution in [-0.4, -0.2) is 11.9 Å². The summed E-state index contributed by atoms with van der Waals surface area (Å²) in [5, 5.41) is 1.07. The SMILES string of the molecule is CCOc1ccc(CCCBr)c(I)c1. The summed E-state index contributed by atoms with van der Waals surface area (Å²) in [4.78, 5) is 0. The van der Waals surface area contributed by atoms with Gasteiger partial charge in [-0.05, 0) is 60.1 Å². The molecule has 0 saturated carbocycles. The van der Waals surface area contributed by atoms with Crippen LogP contribution in [0.15, 0.2) is 18.2 Å². The molecule has 78 valence electrons. The normalized spacial score (nSPS) is 10.2. The van der Waals surface area contributed by atoms with E-state index in [-0.39, 0.29) is 0 Å². The van der Waals surface area contributed by atoms with E-state index in [0.717, 1.165) is 24.1 Å². The van der Waals surface area contributed by atoms with Crippen molar-refractivity contribution in [3.8, 4) is 5.75 Å². The number of hydrogen-bond acceptors (Lipinski definition) is 1. The lowest BCUT2D eigenvalue weighted by molar-refractivity contribution is 0.340. The highest BCUT2D eigenvalue weighted by Crippen LogP contribution is 2.21. The first-order chi connectivity index (χ1) is 6.77. The summed E-state index contributed by atoms with van der Waals surface area (Å²) in [7, 11) is 0. The zero-order chi connectivity index (χ0) is 10.4. The lowest BCUT2D eigenvalue weighted by Gasteiger charge is -2.07. The van der Waals surface area contributed by atoms with Gasteiger partial charge >= 0.3 is 0 Å². The highest BCUT2D eigenvalue weighted by atomic mass is 127. The van der Waals surface area contributed by atoms with Crippen LogP contribution < -0.4 is 4.74 Å². The monoisotopic (exact) mass is 368 g/mol. The molecule has 0 aromatic heterocycles. The lowest BCUT2D eigenvalue weighted by atomic mass is 10.1. The Bertz CT molecular complexity index is 289. The van der Waals surface area contributed by atoms with Gasteiger partial charge in [-0.15, -0.1) is 0 Å². The van der Waals surface area contributed by atoms with Crippen molar-refractivity contribution >= 4 is 38.5 Å². The first-order valence-corrected chi connectivity index (χ1v) is 6.95. The van der Waals surface area contributed by atoms with Gasteiger partial charge in [-0.1, -0.05) is 22.0 Å². The molecule has 14 heavy (non-hydrogen) atoms. The van der Waals surface area contributed by atoms with Gasteiger partial charge in [-0.25, -0.2) is 0 Å². The molecule has 0 atom stereocenters. The molecule has 0 N–H and O–H groups in total. The fraction of sp³-hybridized carbons (Fsp3) is 0.455. The smallest absolute Gasteiger partial charge is 0.120 e. The molecule has 0 fully saturated rings. The topological polar surface area (TPSA) is 9.23 Å². The van der Waals surface area contributed by atoms with E-state index < -0.39 is 0 Å². The molecular formula is C11H14BrIO. The number of hydrogen-bond donors (Lipinski definition) is 0. The van der Waals surface area contributed by atoms with Crippen LogP contribution >= 0.6 is 38.5 Å². The summed E-state index contributed by atoms with van der Waals surface area (Å²) >= 11 is 5.81. The molecule has 0 bridgehead atoms.